The van der Waals surface area contributed by atoms with Crippen molar-refractivity contribution in [3.8, 4) is 5.75 Å². The van der Waals surface area contributed by atoms with Gasteiger partial charge in [-0.05, 0) is 34.1 Å². The smallest absolute Gasteiger partial charge is 0.277 e. The number of amides is 1. The summed E-state index contributed by atoms with van der Waals surface area (Å²) in [5.41, 5.74) is 2.35. The Hall–Kier alpha value is -0.790. The van der Waals surface area contributed by atoms with Crippen LogP contribution in [0, 0.1) is 0 Å². The molecule has 0 unspecified atom stereocenters. The first-order valence-corrected chi connectivity index (χ1v) is 8.54. The number of thiophene rings is 1. The fourth-order valence-corrected chi connectivity index (χ4v) is 3.31. The van der Waals surface area contributed by atoms with Crippen LogP contribution in [0.5, 0.6) is 5.75 Å². The molecule has 2 rings (SSSR count). The van der Waals surface area contributed by atoms with Crippen LogP contribution in [0.4, 0.5) is 0 Å². The van der Waals surface area contributed by atoms with E-state index in [-0.39, 0.29) is 22.4 Å². The van der Waals surface area contributed by atoms with E-state index in [9.17, 15) is 4.79 Å². The van der Waals surface area contributed by atoms with Crippen LogP contribution in [0.3, 0.4) is 0 Å². The van der Waals surface area contributed by atoms with Gasteiger partial charge in [0, 0.05) is 16.0 Å². The molecular weight excluding hydrogens is 434 g/mol. The van der Waals surface area contributed by atoms with Crippen molar-refractivity contribution in [1.82, 2.24) is 5.43 Å². The highest BCUT2D eigenvalue weighted by Crippen LogP contribution is 2.35. The van der Waals surface area contributed by atoms with Gasteiger partial charge in [0.25, 0.3) is 5.91 Å². The highest BCUT2D eigenvalue weighted by atomic mass is 79.9. The second kappa shape index (κ2) is 8.17. The molecule has 1 amide bonds. The number of hydrogen-bond donors (Lipinski definition) is 1. The van der Waals surface area contributed by atoms with Gasteiger partial charge in [-0.15, -0.1) is 11.3 Å². The van der Waals surface area contributed by atoms with E-state index in [1.54, 1.807) is 0 Å². The number of ether oxygens (including phenoxy) is 1. The minimum atomic E-state index is -0.431. The van der Waals surface area contributed by atoms with Crippen molar-refractivity contribution in [1.29, 1.82) is 0 Å². The van der Waals surface area contributed by atoms with Gasteiger partial charge in [0.05, 0.1) is 15.0 Å². The fraction of sp³-hybridized carbons (Fsp3) is 0.0769. The van der Waals surface area contributed by atoms with E-state index in [1.165, 1.54) is 29.7 Å². The maximum atomic E-state index is 11.6. The normalized spacial score (nSPS) is 10.9. The summed E-state index contributed by atoms with van der Waals surface area (Å²) in [5, 5.41) is 4.65. The third-order valence-electron chi connectivity index (χ3n) is 2.29. The SMILES string of the molecule is O=C(COc1cc(Cl)cc(Cl)c1Cl)N/N=C\c1ccc(Br)s1. The quantitative estimate of drug-likeness (QED) is 0.403. The maximum absolute atomic E-state index is 11.6. The van der Waals surface area contributed by atoms with Crippen LogP contribution < -0.4 is 10.2 Å². The summed E-state index contributed by atoms with van der Waals surface area (Å²) in [6, 6.07) is 6.73. The lowest BCUT2D eigenvalue weighted by Crippen LogP contribution is -2.24. The van der Waals surface area contributed by atoms with Crippen molar-refractivity contribution in [2.75, 3.05) is 6.61 Å². The first kappa shape index (κ1) is 17.6. The molecule has 0 spiro atoms. The zero-order valence-corrected chi connectivity index (χ0v) is 15.4. The molecule has 1 N–H and O–H groups in total. The Morgan fingerprint density at radius 3 is 2.82 bits per heavy atom. The van der Waals surface area contributed by atoms with Gasteiger partial charge in [-0.25, -0.2) is 5.43 Å². The predicted molar refractivity (Wildman–Crippen MR) is 94.7 cm³/mol. The molecule has 9 heteroatoms. The van der Waals surface area contributed by atoms with Crippen molar-refractivity contribution in [2.24, 2.45) is 5.10 Å². The van der Waals surface area contributed by atoms with Gasteiger partial charge in [-0.1, -0.05) is 34.8 Å². The Morgan fingerprint density at radius 1 is 1.36 bits per heavy atom. The first-order valence-electron chi connectivity index (χ1n) is 5.80. The van der Waals surface area contributed by atoms with Crippen LogP contribution in [0.2, 0.25) is 15.1 Å². The summed E-state index contributed by atoms with van der Waals surface area (Å²) in [5.74, 6) is -0.195. The highest BCUT2D eigenvalue weighted by molar-refractivity contribution is 9.11. The lowest BCUT2D eigenvalue weighted by molar-refractivity contribution is -0.123. The summed E-state index contributed by atoms with van der Waals surface area (Å²) >= 11 is 22.5. The van der Waals surface area contributed by atoms with Crippen LogP contribution in [0.25, 0.3) is 0 Å². The van der Waals surface area contributed by atoms with Gasteiger partial charge in [-0.3, -0.25) is 4.79 Å². The molecule has 116 valence electrons. The van der Waals surface area contributed by atoms with Crippen LogP contribution in [-0.2, 0) is 4.79 Å². The topological polar surface area (TPSA) is 50.7 Å². The molecule has 1 heterocycles. The fourth-order valence-electron chi connectivity index (χ4n) is 1.38. The number of nitrogens with one attached hydrogen (secondary N) is 1. The number of hydrogen-bond acceptors (Lipinski definition) is 4. The Balaban J connectivity index is 1.87. The first-order chi connectivity index (χ1) is 10.5. The van der Waals surface area contributed by atoms with Crippen molar-refractivity contribution < 1.29 is 9.53 Å². The lowest BCUT2D eigenvalue weighted by atomic mass is 10.3. The Labute approximate surface area is 154 Å². The second-order valence-corrected chi connectivity index (χ2v) is 7.64. The molecule has 1 aromatic heterocycles. The van der Waals surface area contributed by atoms with Crippen molar-refractivity contribution >= 4 is 74.2 Å². The number of halogens is 4. The molecule has 0 aliphatic heterocycles. The molecule has 0 aliphatic rings. The van der Waals surface area contributed by atoms with Gasteiger partial charge in [0.1, 0.15) is 10.8 Å². The molecule has 0 radical (unpaired) electrons. The number of benzene rings is 1. The average molecular weight is 443 g/mol. The number of carbonyl (C=O) groups excluding carboxylic acids is 1. The molecule has 0 bridgehead atoms. The molecule has 0 aliphatic carbocycles. The largest absolute Gasteiger partial charge is 0.482 e. The standard InChI is InChI=1S/C13H8BrCl3N2O2S/c14-11-2-1-8(22-11)5-18-19-12(20)6-21-10-4-7(15)3-9(16)13(10)17/h1-5H,6H2,(H,19,20)/b18-5-. The number of hydrazone groups is 1. The van der Waals surface area contributed by atoms with E-state index >= 15 is 0 Å². The second-order valence-electron chi connectivity index (χ2n) is 3.92. The van der Waals surface area contributed by atoms with E-state index in [4.69, 9.17) is 39.5 Å². The maximum Gasteiger partial charge on any atom is 0.277 e. The van der Waals surface area contributed by atoms with Crippen LogP contribution in [-0.4, -0.2) is 18.7 Å². The number of nitrogens with zero attached hydrogens (tertiary/aromatic N) is 1. The van der Waals surface area contributed by atoms with Crippen molar-refractivity contribution in [3.05, 3.63) is 48.0 Å². The molecule has 4 nitrogen and oxygen atoms in total. The molecule has 1 aromatic carbocycles. The average Bonchev–Trinajstić information content (AvgIpc) is 2.87. The lowest BCUT2D eigenvalue weighted by Gasteiger charge is -2.08. The van der Waals surface area contributed by atoms with Gasteiger partial charge in [0.15, 0.2) is 6.61 Å². The van der Waals surface area contributed by atoms with Crippen LogP contribution >= 0.6 is 62.1 Å². The van der Waals surface area contributed by atoms with E-state index in [0.29, 0.717) is 5.02 Å². The third kappa shape index (κ3) is 5.14. The Bertz CT molecular complexity index is 721. The number of rotatable bonds is 5. The minimum Gasteiger partial charge on any atom is -0.482 e. The Morgan fingerprint density at radius 2 is 2.14 bits per heavy atom. The van der Waals surface area contributed by atoms with E-state index in [1.807, 2.05) is 12.1 Å². The monoisotopic (exact) mass is 440 g/mol. The van der Waals surface area contributed by atoms with Crippen LogP contribution in [0.15, 0.2) is 33.2 Å². The zero-order valence-electron chi connectivity index (χ0n) is 10.8. The summed E-state index contributed by atoms with van der Waals surface area (Å²) in [6.45, 7) is -0.262. The summed E-state index contributed by atoms with van der Waals surface area (Å²) in [7, 11) is 0. The van der Waals surface area contributed by atoms with Crippen molar-refractivity contribution in [2.45, 2.75) is 0 Å². The summed E-state index contributed by atoms with van der Waals surface area (Å²) in [6.07, 6.45) is 1.54. The summed E-state index contributed by atoms with van der Waals surface area (Å²) < 4.78 is 6.26. The molecule has 0 atom stereocenters. The highest BCUT2D eigenvalue weighted by Gasteiger charge is 2.10. The molecule has 2 aromatic rings. The third-order valence-corrected chi connectivity index (χ3v) is 4.85. The van der Waals surface area contributed by atoms with Gasteiger partial charge in [-0.2, -0.15) is 5.10 Å². The van der Waals surface area contributed by atoms with E-state index in [0.717, 1.165) is 8.66 Å². The predicted octanol–water partition coefficient (Wildman–Crippen LogP) is 5.00. The molecular formula is C13H8BrCl3N2O2S. The van der Waals surface area contributed by atoms with Gasteiger partial charge < -0.3 is 4.74 Å². The molecule has 22 heavy (non-hydrogen) atoms. The van der Waals surface area contributed by atoms with Crippen molar-refractivity contribution in [3.63, 3.8) is 0 Å². The Kier molecular flexibility index (Phi) is 6.52. The number of carbonyl (C=O) groups is 1. The minimum absolute atomic E-state index is 0.200. The zero-order chi connectivity index (χ0) is 16.1. The molecule has 0 fully saturated rings. The van der Waals surface area contributed by atoms with Gasteiger partial charge in [0.2, 0.25) is 0 Å². The van der Waals surface area contributed by atoms with Gasteiger partial charge >= 0.3 is 0 Å². The molecule has 0 saturated heterocycles. The van der Waals surface area contributed by atoms with Crippen LogP contribution in [0.1, 0.15) is 4.88 Å². The summed E-state index contributed by atoms with van der Waals surface area (Å²) in [4.78, 5) is 12.5. The van der Waals surface area contributed by atoms with E-state index in [2.05, 4.69) is 26.5 Å². The van der Waals surface area contributed by atoms with E-state index < -0.39 is 5.91 Å². The molecule has 0 saturated carbocycles.